The van der Waals surface area contributed by atoms with Gasteiger partial charge in [-0.15, -0.1) is 0 Å². The van der Waals surface area contributed by atoms with Gasteiger partial charge < -0.3 is 5.32 Å². The molecule has 0 heterocycles. The van der Waals surface area contributed by atoms with Gasteiger partial charge in [-0.1, -0.05) is 6.58 Å². The first-order valence-electron chi connectivity index (χ1n) is 2.75. The summed E-state index contributed by atoms with van der Waals surface area (Å²) in [5.41, 5.74) is 0.413. The molecule has 0 aromatic heterocycles. The van der Waals surface area contributed by atoms with Crippen LogP contribution < -0.4 is 5.32 Å². The highest BCUT2D eigenvalue weighted by atomic mass is 16.1. The number of hydrogen-bond acceptors (Lipinski definition) is 2. The van der Waals surface area contributed by atoms with E-state index in [-0.39, 0.29) is 5.91 Å². The molecular weight excluding hydrogens is 130 g/mol. The van der Waals surface area contributed by atoms with E-state index in [1.165, 1.54) is 12.3 Å². The molecule has 3 heteroatoms. The predicted octanol–water partition coefficient (Wildman–Crippen LogP) is 0.391. The zero-order valence-electron chi connectivity index (χ0n) is 5.76. The summed E-state index contributed by atoms with van der Waals surface area (Å²) in [5, 5.41) is 2.33. The van der Waals surface area contributed by atoms with E-state index >= 15 is 0 Å². The van der Waals surface area contributed by atoms with Crippen molar-refractivity contribution >= 4 is 12.2 Å². The fraction of sp³-hybridized carbons (Fsp3) is 0.143. The van der Waals surface area contributed by atoms with E-state index < -0.39 is 0 Å². The van der Waals surface area contributed by atoms with Crippen molar-refractivity contribution < 1.29 is 9.59 Å². The third-order valence-corrected chi connectivity index (χ3v) is 0.777. The van der Waals surface area contributed by atoms with Crippen LogP contribution >= 0.6 is 0 Å². The molecule has 1 amide bonds. The normalized spacial score (nSPS) is 9.30. The SMILES string of the molecule is C=C(C)C(=O)NC=CC=O. The van der Waals surface area contributed by atoms with Gasteiger partial charge in [-0.05, 0) is 13.0 Å². The minimum absolute atomic E-state index is 0.280. The fourth-order valence-corrected chi connectivity index (χ4v) is 0.286. The number of carbonyl (C=O) groups excluding carboxylic acids is 2. The first-order chi connectivity index (χ1) is 4.68. The van der Waals surface area contributed by atoms with Gasteiger partial charge in [0.15, 0.2) is 0 Å². The Kier molecular flexibility index (Phi) is 3.87. The molecule has 0 aromatic rings. The van der Waals surface area contributed by atoms with Crippen molar-refractivity contribution in [2.24, 2.45) is 0 Å². The lowest BCUT2D eigenvalue weighted by atomic mass is 10.3. The molecular formula is C7H9NO2. The summed E-state index contributed by atoms with van der Waals surface area (Å²) in [6.45, 7) is 4.99. The lowest BCUT2D eigenvalue weighted by Gasteiger charge is -1.94. The molecule has 0 rings (SSSR count). The van der Waals surface area contributed by atoms with Gasteiger partial charge in [-0.3, -0.25) is 9.59 Å². The molecule has 1 N–H and O–H groups in total. The summed E-state index contributed by atoms with van der Waals surface area (Å²) in [4.78, 5) is 20.3. The van der Waals surface area contributed by atoms with Crippen LogP contribution in [0.3, 0.4) is 0 Å². The van der Waals surface area contributed by atoms with Crippen LogP contribution in [0.25, 0.3) is 0 Å². The third kappa shape index (κ3) is 3.60. The Labute approximate surface area is 59.4 Å². The number of aldehydes is 1. The molecule has 0 radical (unpaired) electrons. The van der Waals surface area contributed by atoms with Gasteiger partial charge in [0.25, 0.3) is 0 Å². The Bertz CT molecular complexity index is 182. The number of nitrogens with one attached hydrogen (secondary N) is 1. The maximum absolute atomic E-state index is 10.6. The Morgan fingerprint density at radius 2 is 2.20 bits per heavy atom. The number of allylic oxidation sites excluding steroid dienone is 1. The highest BCUT2D eigenvalue weighted by molar-refractivity contribution is 5.92. The van der Waals surface area contributed by atoms with E-state index in [2.05, 4.69) is 11.9 Å². The molecule has 0 spiro atoms. The van der Waals surface area contributed by atoms with Gasteiger partial charge in [0.2, 0.25) is 5.91 Å². The third-order valence-electron chi connectivity index (χ3n) is 0.777. The van der Waals surface area contributed by atoms with E-state index in [0.717, 1.165) is 0 Å². The maximum Gasteiger partial charge on any atom is 0.250 e. The van der Waals surface area contributed by atoms with Crippen molar-refractivity contribution in [3.63, 3.8) is 0 Å². The molecule has 54 valence electrons. The zero-order chi connectivity index (χ0) is 7.98. The van der Waals surface area contributed by atoms with Gasteiger partial charge in [0.05, 0.1) is 0 Å². The van der Waals surface area contributed by atoms with E-state index in [0.29, 0.717) is 11.9 Å². The van der Waals surface area contributed by atoms with Crippen molar-refractivity contribution in [2.45, 2.75) is 6.92 Å². The molecule has 3 nitrogen and oxygen atoms in total. The second-order valence-corrected chi connectivity index (χ2v) is 1.75. The molecule has 0 aliphatic rings. The van der Waals surface area contributed by atoms with Crippen LogP contribution in [0.2, 0.25) is 0 Å². The van der Waals surface area contributed by atoms with Crippen molar-refractivity contribution in [3.05, 3.63) is 24.4 Å². The zero-order valence-corrected chi connectivity index (χ0v) is 5.76. The van der Waals surface area contributed by atoms with Crippen LogP contribution in [0.4, 0.5) is 0 Å². The Hall–Kier alpha value is -1.38. The minimum Gasteiger partial charge on any atom is -0.329 e. The van der Waals surface area contributed by atoms with Crippen LogP contribution in [-0.2, 0) is 9.59 Å². The van der Waals surface area contributed by atoms with Gasteiger partial charge in [-0.25, -0.2) is 0 Å². The Balaban J connectivity index is 3.70. The highest BCUT2D eigenvalue weighted by Crippen LogP contribution is 1.83. The first-order valence-corrected chi connectivity index (χ1v) is 2.75. The van der Waals surface area contributed by atoms with Crippen LogP contribution in [0.15, 0.2) is 24.4 Å². The predicted molar refractivity (Wildman–Crippen MR) is 38.2 cm³/mol. The van der Waals surface area contributed by atoms with E-state index in [4.69, 9.17) is 0 Å². The largest absolute Gasteiger partial charge is 0.329 e. The molecule has 0 fully saturated rings. The van der Waals surface area contributed by atoms with Crippen molar-refractivity contribution in [3.8, 4) is 0 Å². The molecule has 0 aromatic carbocycles. The molecule has 0 atom stereocenters. The van der Waals surface area contributed by atoms with E-state index in [9.17, 15) is 9.59 Å². The maximum atomic E-state index is 10.6. The number of carbonyl (C=O) groups is 2. The van der Waals surface area contributed by atoms with Crippen LogP contribution in [0.5, 0.6) is 0 Å². The average Bonchev–Trinajstić information content (AvgIpc) is 1.88. The summed E-state index contributed by atoms with van der Waals surface area (Å²) in [5.74, 6) is -0.280. The molecule has 0 bridgehead atoms. The van der Waals surface area contributed by atoms with Gasteiger partial charge >= 0.3 is 0 Å². The van der Waals surface area contributed by atoms with Gasteiger partial charge in [0, 0.05) is 11.8 Å². The first kappa shape index (κ1) is 8.62. The lowest BCUT2D eigenvalue weighted by molar-refractivity contribution is -0.116. The Morgan fingerprint density at radius 1 is 1.60 bits per heavy atom. The van der Waals surface area contributed by atoms with Gasteiger partial charge in [0.1, 0.15) is 6.29 Å². The van der Waals surface area contributed by atoms with E-state index in [1.807, 2.05) is 0 Å². The Morgan fingerprint density at radius 3 is 2.60 bits per heavy atom. The number of amides is 1. The fourth-order valence-electron chi connectivity index (χ4n) is 0.286. The summed E-state index contributed by atoms with van der Waals surface area (Å²) < 4.78 is 0. The van der Waals surface area contributed by atoms with Crippen molar-refractivity contribution in [2.75, 3.05) is 0 Å². The van der Waals surface area contributed by atoms with Gasteiger partial charge in [-0.2, -0.15) is 0 Å². The molecule has 10 heavy (non-hydrogen) atoms. The molecule has 0 saturated heterocycles. The second kappa shape index (κ2) is 4.49. The summed E-state index contributed by atoms with van der Waals surface area (Å²) in [6.07, 6.45) is 3.05. The van der Waals surface area contributed by atoms with Crippen LogP contribution in [-0.4, -0.2) is 12.2 Å². The number of hydrogen-bond donors (Lipinski definition) is 1. The van der Waals surface area contributed by atoms with Crippen LogP contribution in [0, 0.1) is 0 Å². The monoisotopic (exact) mass is 139 g/mol. The second-order valence-electron chi connectivity index (χ2n) is 1.75. The molecule has 0 saturated carbocycles. The molecule has 0 aliphatic carbocycles. The molecule has 0 unspecified atom stereocenters. The highest BCUT2D eigenvalue weighted by Gasteiger charge is 1.94. The number of rotatable bonds is 3. The smallest absolute Gasteiger partial charge is 0.250 e. The average molecular weight is 139 g/mol. The van der Waals surface area contributed by atoms with E-state index in [1.54, 1.807) is 6.92 Å². The summed E-state index contributed by atoms with van der Waals surface area (Å²) in [7, 11) is 0. The van der Waals surface area contributed by atoms with Crippen molar-refractivity contribution in [1.82, 2.24) is 5.32 Å². The minimum atomic E-state index is -0.280. The van der Waals surface area contributed by atoms with Crippen LogP contribution in [0.1, 0.15) is 6.92 Å². The lowest BCUT2D eigenvalue weighted by Crippen LogP contribution is -2.16. The summed E-state index contributed by atoms with van der Waals surface area (Å²) in [6, 6.07) is 0. The van der Waals surface area contributed by atoms with Crippen molar-refractivity contribution in [1.29, 1.82) is 0 Å². The standard InChI is InChI=1S/C7H9NO2/c1-6(2)7(10)8-4-3-5-9/h3-5H,1H2,2H3,(H,8,10). The summed E-state index contributed by atoms with van der Waals surface area (Å²) >= 11 is 0. The topological polar surface area (TPSA) is 46.2 Å². The quantitative estimate of drug-likeness (QED) is 0.454. The molecule has 0 aliphatic heterocycles.